The number of carbonyl (C=O) groups is 1. The molecule has 0 bridgehead atoms. The van der Waals surface area contributed by atoms with Gasteiger partial charge in [-0.15, -0.1) is 0 Å². The molecule has 1 aromatic rings. The van der Waals surface area contributed by atoms with E-state index in [2.05, 4.69) is 14.9 Å². The van der Waals surface area contributed by atoms with Crippen LogP contribution >= 0.6 is 0 Å². The zero-order chi connectivity index (χ0) is 14.2. The molecule has 5 nitrogen and oxygen atoms in total. The van der Waals surface area contributed by atoms with Crippen LogP contribution in [0.15, 0.2) is 12.4 Å². The Balaban J connectivity index is 1.27. The van der Waals surface area contributed by atoms with Crippen LogP contribution in [0.5, 0.6) is 0 Å². The summed E-state index contributed by atoms with van der Waals surface area (Å²) in [5.41, 5.74) is 0. The van der Waals surface area contributed by atoms with Crippen molar-refractivity contribution in [3.05, 3.63) is 18.2 Å². The SMILES string of the molecule is O=C(NCC1CCc2nccn2C1)N1CC2CCCC2C1. The van der Waals surface area contributed by atoms with Crippen LogP contribution in [0.1, 0.15) is 31.5 Å². The lowest BCUT2D eigenvalue weighted by Crippen LogP contribution is -2.42. The fraction of sp³-hybridized carbons (Fsp3) is 0.750. The minimum atomic E-state index is 0.154. The molecule has 1 aliphatic carbocycles. The summed E-state index contributed by atoms with van der Waals surface area (Å²) < 4.78 is 2.22. The van der Waals surface area contributed by atoms with E-state index >= 15 is 0 Å². The third-order valence-corrected chi connectivity index (χ3v) is 5.59. The van der Waals surface area contributed by atoms with E-state index < -0.39 is 0 Å². The second-order valence-electron chi connectivity index (χ2n) is 6.94. The lowest BCUT2D eigenvalue weighted by atomic mass is 9.99. The molecule has 4 rings (SSSR count). The highest BCUT2D eigenvalue weighted by Crippen LogP contribution is 2.37. The molecule has 3 atom stereocenters. The Morgan fingerprint density at radius 3 is 2.86 bits per heavy atom. The first kappa shape index (κ1) is 13.2. The molecule has 2 aliphatic heterocycles. The highest BCUT2D eigenvalue weighted by Gasteiger charge is 2.38. The van der Waals surface area contributed by atoms with Gasteiger partial charge in [-0.25, -0.2) is 9.78 Å². The van der Waals surface area contributed by atoms with Gasteiger partial charge in [0.25, 0.3) is 0 Å². The molecular formula is C16H24N4O. The Morgan fingerprint density at radius 2 is 2.05 bits per heavy atom. The largest absolute Gasteiger partial charge is 0.338 e. The first-order chi connectivity index (χ1) is 10.3. The molecule has 1 aromatic heterocycles. The van der Waals surface area contributed by atoms with Gasteiger partial charge in [-0.2, -0.15) is 0 Å². The summed E-state index contributed by atoms with van der Waals surface area (Å²) in [5.74, 6) is 3.28. The van der Waals surface area contributed by atoms with Gasteiger partial charge in [-0.1, -0.05) is 6.42 Å². The second-order valence-corrected chi connectivity index (χ2v) is 6.94. The number of carbonyl (C=O) groups excluding carboxylic acids is 1. The number of fused-ring (bicyclic) bond motifs is 2. The van der Waals surface area contributed by atoms with Crippen molar-refractivity contribution in [2.45, 2.75) is 38.6 Å². The second kappa shape index (κ2) is 5.35. The number of rotatable bonds is 2. The summed E-state index contributed by atoms with van der Waals surface area (Å²) in [5, 5.41) is 3.16. The van der Waals surface area contributed by atoms with Crippen molar-refractivity contribution in [2.24, 2.45) is 17.8 Å². The summed E-state index contributed by atoms with van der Waals surface area (Å²) in [4.78, 5) is 18.7. The van der Waals surface area contributed by atoms with E-state index in [-0.39, 0.29) is 6.03 Å². The van der Waals surface area contributed by atoms with Gasteiger partial charge in [0.1, 0.15) is 5.82 Å². The Morgan fingerprint density at radius 1 is 1.24 bits per heavy atom. The Kier molecular flexibility index (Phi) is 3.36. The maximum absolute atomic E-state index is 12.3. The van der Waals surface area contributed by atoms with Crippen LogP contribution in [0, 0.1) is 17.8 Å². The smallest absolute Gasteiger partial charge is 0.317 e. The molecule has 3 aliphatic rings. The van der Waals surface area contributed by atoms with Crippen LogP contribution in [-0.4, -0.2) is 40.1 Å². The number of nitrogens with one attached hydrogen (secondary N) is 1. The molecule has 1 N–H and O–H groups in total. The predicted octanol–water partition coefficient (Wildman–Crippen LogP) is 1.89. The summed E-state index contributed by atoms with van der Waals surface area (Å²) >= 11 is 0. The Labute approximate surface area is 125 Å². The van der Waals surface area contributed by atoms with E-state index in [0.717, 1.165) is 50.9 Å². The fourth-order valence-electron chi connectivity index (χ4n) is 4.35. The minimum Gasteiger partial charge on any atom is -0.338 e. The third-order valence-electron chi connectivity index (χ3n) is 5.59. The molecule has 3 unspecified atom stereocenters. The lowest BCUT2D eigenvalue weighted by Gasteiger charge is -2.25. The van der Waals surface area contributed by atoms with E-state index in [0.29, 0.717) is 5.92 Å². The van der Waals surface area contributed by atoms with E-state index in [1.807, 2.05) is 17.3 Å². The molecule has 21 heavy (non-hydrogen) atoms. The highest BCUT2D eigenvalue weighted by molar-refractivity contribution is 5.74. The number of urea groups is 1. The van der Waals surface area contributed by atoms with Crippen molar-refractivity contribution in [1.29, 1.82) is 0 Å². The average Bonchev–Trinajstić information content (AvgIpc) is 3.18. The van der Waals surface area contributed by atoms with E-state index in [4.69, 9.17) is 0 Å². The van der Waals surface area contributed by atoms with Crippen molar-refractivity contribution >= 4 is 6.03 Å². The number of hydrogen-bond donors (Lipinski definition) is 1. The summed E-state index contributed by atoms with van der Waals surface area (Å²) in [6.45, 7) is 3.74. The average molecular weight is 288 g/mol. The van der Waals surface area contributed by atoms with E-state index in [9.17, 15) is 4.79 Å². The van der Waals surface area contributed by atoms with Crippen molar-refractivity contribution in [1.82, 2.24) is 19.8 Å². The normalized spacial score (nSPS) is 31.0. The van der Waals surface area contributed by atoms with Gasteiger partial charge >= 0.3 is 6.03 Å². The zero-order valence-corrected chi connectivity index (χ0v) is 12.5. The van der Waals surface area contributed by atoms with Gasteiger partial charge in [0.05, 0.1) is 0 Å². The molecule has 0 spiro atoms. The van der Waals surface area contributed by atoms with Gasteiger partial charge in [0.15, 0.2) is 0 Å². The van der Waals surface area contributed by atoms with Crippen molar-refractivity contribution in [2.75, 3.05) is 19.6 Å². The van der Waals surface area contributed by atoms with Gasteiger partial charge < -0.3 is 14.8 Å². The lowest BCUT2D eigenvalue weighted by molar-refractivity contribution is 0.201. The molecule has 1 saturated carbocycles. The fourth-order valence-corrected chi connectivity index (χ4v) is 4.35. The number of aryl methyl sites for hydroxylation is 1. The topological polar surface area (TPSA) is 50.2 Å². The molecule has 0 radical (unpaired) electrons. The minimum absolute atomic E-state index is 0.154. The number of imidazole rings is 1. The van der Waals surface area contributed by atoms with Crippen molar-refractivity contribution < 1.29 is 4.79 Å². The number of hydrogen-bond acceptors (Lipinski definition) is 2. The Hall–Kier alpha value is -1.52. The summed E-state index contributed by atoms with van der Waals surface area (Å²) in [7, 11) is 0. The quantitative estimate of drug-likeness (QED) is 0.903. The van der Waals surface area contributed by atoms with Crippen LogP contribution in [0.2, 0.25) is 0 Å². The zero-order valence-electron chi connectivity index (χ0n) is 12.5. The molecule has 3 heterocycles. The third kappa shape index (κ3) is 2.54. The van der Waals surface area contributed by atoms with E-state index in [1.165, 1.54) is 25.1 Å². The monoisotopic (exact) mass is 288 g/mol. The first-order valence-electron chi connectivity index (χ1n) is 8.32. The van der Waals surface area contributed by atoms with Gasteiger partial charge in [0, 0.05) is 45.0 Å². The molecule has 5 heteroatoms. The molecule has 2 fully saturated rings. The van der Waals surface area contributed by atoms with Crippen LogP contribution in [0.4, 0.5) is 4.79 Å². The van der Waals surface area contributed by atoms with Gasteiger partial charge in [0.2, 0.25) is 0 Å². The molecule has 114 valence electrons. The summed E-state index contributed by atoms with van der Waals surface area (Å²) in [6, 6.07) is 0.154. The van der Waals surface area contributed by atoms with Crippen LogP contribution in [0.3, 0.4) is 0 Å². The summed E-state index contributed by atoms with van der Waals surface area (Å²) in [6.07, 6.45) is 10.1. The molecule has 1 saturated heterocycles. The predicted molar refractivity (Wildman–Crippen MR) is 79.8 cm³/mol. The first-order valence-corrected chi connectivity index (χ1v) is 8.32. The standard InChI is InChI=1S/C16H24N4O/c21-16(20-10-13-2-1-3-14(13)11-20)18-8-12-4-5-15-17-6-7-19(15)9-12/h6-7,12-14H,1-5,8-11H2,(H,18,21). The number of amides is 2. The number of likely N-dealkylation sites (tertiary alicyclic amines) is 1. The van der Waals surface area contributed by atoms with E-state index in [1.54, 1.807) is 0 Å². The van der Waals surface area contributed by atoms with Crippen molar-refractivity contribution in [3.8, 4) is 0 Å². The maximum Gasteiger partial charge on any atom is 0.317 e. The molecule has 2 amide bonds. The highest BCUT2D eigenvalue weighted by atomic mass is 16.2. The number of nitrogens with zero attached hydrogens (tertiary/aromatic N) is 3. The number of aromatic nitrogens is 2. The van der Waals surface area contributed by atoms with Gasteiger partial charge in [-0.3, -0.25) is 0 Å². The van der Waals surface area contributed by atoms with Crippen molar-refractivity contribution in [3.63, 3.8) is 0 Å². The van der Waals surface area contributed by atoms with Crippen LogP contribution in [-0.2, 0) is 13.0 Å². The molecule has 0 aromatic carbocycles. The molecular weight excluding hydrogens is 264 g/mol. The van der Waals surface area contributed by atoms with Gasteiger partial charge in [-0.05, 0) is 37.0 Å². The van der Waals surface area contributed by atoms with Crippen LogP contribution in [0.25, 0.3) is 0 Å². The van der Waals surface area contributed by atoms with Crippen LogP contribution < -0.4 is 5.32 Å². The maximum atomic E-state index is 12.3. The Bertz CT molecular complexity index is 514.